The van der Waals surface area contributed by atoms with Crippen LogP contribution in [0, 0.1) is 5.41 Å². The van der Waals surface area contributed by atoms with Crippen molar-refractivity contribution in [3.8, 4) is 0 Å². The maximum Gasteiger partial charge on any atom is 0.350 e. The van der Waals surface area contributed by atoms with Gasteiger partial charge in [-0.05, 0) is 31.4 Å². The predicted octanol–water partition coefficient (Wildman–Crippen LogP) is -0.0677. The van der Waals surface area contributed by atoms with E-state index < -0.39 is 0 Å². The first-order valence-electron chi connectivity index (χ1n) is 8.69. The maximum atomic E-state index is 12.3. The van der Waals surface area contributed by atoms with E-state index in [1.807, 2.05) is 6.07 Å². The molecule has 2 aromatic heterocycles. The van der Waals surface area contributed by atoms with E-state index in [4.69, 9.17) is 4.74 Å². The van der Waals surface area contributed by atoms with Gasteiger partial charge in [-0.15, -0.1) is 5.10 Å². The van der Waals surface area contributed by atoms with Gasteiger partial charge in [0.15, 0.2) is 5.65 Å². The third kappa shape index (κ3) is 2.75. The van der Waals surface area contributed by atoms with Crippen molar-refractivity contribution < 1.29 is 14.6 Å². The number of aliphatic hydroxyl groups excluding tert-OH is 1. The first-order valence-corrected chi connectivity index (χ1v) is 8.69. The Morgan fingerprint density at radius 3 is 2.92 bits per heavy atom. The summed E-state index contributed by atoms with van der Waals surface area (Å²) in [6.45, 7) is 1.48. The van der Waals surface area contributed by atoms with Crippen molar-refractivity contribution in [2.24, 2.45) is 5.41 Å². The molecule has 1 amide bonds. The average Bonchev–Trinajstić information content (AvgIpc) is 2.97. The summed E-state index contributed by atoms with van der Waals surface area (Å²) in [5.41, 5.74) is 0.0768. The van der Waals surface area contributed by atoms with Gasteiger partial charge in [-0.25, -0.2) is 9.48 Å². The van der Waals surface area contributed by atoms with Crippen LogP contribution in [0.1, 0.15) is 25.7 Å². The summed E-state index contributed by atoms with van der Waals surface area (Å²) in [7, 11) is 0. The van der Waals surface area contributed by atoms with Crippen LogP contribution in [-0.2, 0) is 16.1 Å². The van der Waals surface area contributed by atoms with Crippen LogP contribution in [0.5, 0.6) is 0 Å². The summed E-state index contributed by atoms with van der Waals surface area (Å²) in [6, 6.07) is 5.32. The number of aromatic nitrogens is 3. The lowest BCUT2D eigenvalue weighted by atomic mass is 9.58. The molecule has 0 unspecified atom stereocenters. The average molecular weight is 346 g/mol. The molecule has 2 fully saturated rings. The molecule has 1 aliphatic heterocycles. The normalized spacial score (nSPS) is 25.0. The molecule has 0 radical (unpaired) electrons. The van der Waals surface area contributed by atoms with Gasteiger partial charge in [0.2, 0.25) is 5.91 Å². The molecule has 1 spiro atoms. The minimum absolute atomic E-state index is 0.0170. The molecule has 0 aromatic carbocycles. The Morgan fingerprint density at radius 2 is 2.20 bits per heavy atom. The van der Waals surface area contributed by atoms with E-state index in [0.29, 0.717) is 25.3 Å². The second-order valence-electron chi connectivity index (χ2n) is 6.90. The smallest absolute Gasteiger partial charge is 0.350 e. The molecule has 8 heteroatoms. The lowest BCUT2D eigenvalue weighted by molar-refractivity contribution is -0.156. The Morgan fingerprint density at radius 1 is 1.40 bits per heavy atom. The van der Waals surface area contributed by atoms with Crippen LogP contribution in [0.2, 0.25) is 0 Å². The van der Waals surface area contributed by atoms with Crippen LogP contribution in [0.3, 0.4) is 0 Å². The lowest BCUT2D eigenvalue weighted by Gasteiger charge is -2.55. The monoisotopic (exact) mass is 346 g/mol. The van der Waals surface area contributed by atoms with E-state index in [-0.39, 0.29) is 42.1 Å². The largest absolute Gasteiger partial charge is 0.392 e. The molecule has 4 rings (SSSR count). The Hall–Kier alpha value is -2.19. The third-order valence-electron chi connectivity index (χ3n) is 5.61. The molecule has 1 saturated carbocycles. The fraction of sp³-hybridized carbons (Fsp3) is 0.588. The highest BCUT2D eigenvalue weighted by Gasteiger charge is 2.55. The predicted molar refractivity (Wildman–Crippen MR) is 89.1 cm³/mol. The Balaban J connectivity index is 1.38. The molecule has 1 saturated heterocycles. The van der Waals surface area contributed by atoms with Crippen molar-refractivity contribution in [3.63, 3.8) is 0 Å². The molecule has 0 bridgehead atoms. The summed E-state index contributed by atoms with van der Waals surface area (Å²) in [5, 5.41) is 17.4. The molecular formula is C17H22N4O4. The van der Waals surface area contributed by atoms with E-state index >= 15 is 0 Å². The zero-order valence-corrected chi connectivity index (χ0v) is 13.9. The second-order valence-corrected chi connectivity index (χ2v) is 6.90. The number of ether oxygens (including phenoxy) is 1. The standard InChI is InChI=1S/C17H22N4O4/c22-13-11-12(17(13)5-9-25-10-6-17)18-15(23)4-8-21-16(24)20-7-2-1-3-14(20)19-21/h1-3,7,12-13,22H,4-6,8-11H2,(H,18,23)/t12-,13-/m1/s1. The van der Waals surface area contributed by atoms with E-state index in [2.05, 4.69) is 10.4 Å². The zero-order valence-electron chi connectivity index (χ0n) is 13.9. The zero-order chi connectivity index (χ0) is 17.4. The molecule has 2 N–H and O–H groups in total. The van der Waals surface area contributed by atoms with Crippen molar-refractivity contribution in [1.82, 2.24) is 19.5 Å². The highest BCUT2D eigenvalue weighted by molar-refractivity contribution is 5.76. The number of carbonyl (C=O) groups excluding carboxylic acids is 1. The number of fused-ring (bicyclic) bond motifs is 1. The van der Waals surface area contributed by atoms with Gasteiger partial charge in [0.05, 0.1) is 12.6 Å². The molecule has 2 aromatic rings. The fourth-order valence-electron chi connectivity index (χ4n) is 3.99. The van der Waals surface area contributed by atoms with E-state index in [1.54, 1.807) is 18.3 Å². The number of rotatable bonds is 4. The highest BCUT2D eigenvalue weighted by atomic mass is 16.5. The van der Waals surface area contributed by atoms with E-state index in [0.717, 1.165) is 12.8 Å². The Labute approximate surface area is 144 Å². The molecule has 134 valence electrons. The van der Waals surface area contributed by atoms with E-state index in [1.165, 1.54) is 9.08 Å². The SMILES string of the molecule is O=C(CCn1nc2ccccn2c1=O)N[C@@H]1C[C@@H](O)C12CCOCC2. The number of carbonyl (C=O) groups is 1. The van der Waals surface area contributed by atoms with Gasteiger partial charge in [-0.3, -0.25) is 9.20 Å². The number of amides is 1. The van der Waals surface area contributed by atoms with Crippen molar-refractivity contribution in [2.45, 2.75) is 44.4 Å². The first kappa shape index (κ1) is 16.3. The maximum absolute atomic E-state index is 12.3. The molecule has 2 aliphatic rings. The number of nitrogens with zero attached hydrogens (tertiary/aromatic N) is 3. The lowest BCUT2D eigenvalue weighted by Crippen LogP contribution is -2.65. The van der Waals surface area contributed by atoms with E-state index in [9.17, 15) is 14.7 Å². The van der Waals surface area contributed by atoms with Crippen LogP contribution < -0.4 is 11.0 Å². The minimum Gasteiger partial charge on any atom is -0.392 e. The van der Waals surface area contributed by atoms with Crippen LogP contribution in [0.25, 0.3) is 5.65 Å². The molecule has 25 heavy (non-hydrogen) atoms. The Bertz CT molecular complexity index is 837. The van der Waals surface area contributed by atoms with Crippen LogP contribution in [0.4, 0.5) is 0 Å². The summed E-state index contributed by atoms with van der Waals surface area (Å²) in [4.78, 5) is 24.5. The van der Waals surface area contributed by atoms with Crippen LogP contribution in [-0.4, -0.2) is 50.6 Å². The number of aryl methyl sites for hydroxylation is 1. The number of hydrogen-bond acceptors (Lipinski definition) is 5. The summed E-state index contributed by atoms with van der Waals surface area (Å²) < 4.78 is 8.15. The quantitative estimate of drug-likeness (QED) is 0.808. The van der Waals surface area contributed by atoms with Gasteiger partial charge >= 0.3 is 5.69 Å². The van der Waals surface area contributed by atoms with Gasteiger partial charge in [0.25, 0.3) is 0 Å². The molecule has 3 heterocycles. The summed E-state index contributed by atoms with van der Waals surface area (Å²) >= 11 is 0. The van der Waals surface area contributed by atoms with Gasteiger partial charge in [0, 0.05) is 37.3 Å². The Kier molecular flexibility index (Phi) is 4.09. The van der Waals surface area contributed by atoms with Crippen molar-refractivity contribution in [2.75, 3.05) is 13.2 Å². The van der Waals surface area contributed by atoms with Crippen molar-refractivity contribution >= 4 is 11.6 Å². The fourth-order valence-corrected chi connectivity index (χ4v) is 3.99. The van der Waals surface area contributed by atoms with Gasteiger partial charge in [0.1, 0.15) is 0 Å². The molecule has 2 atom stereocenters. The topological polar surface area (TPSA) is 97.9 Å². The van der Waals surface area contributed by atoms with Gasteiger partial charge < -0.3 is 15.2 Å². The minimum atomic E-state index is -0.372. The number of hydrogen-bond donors (Lipinski definition) is 2. The first-order chi connectivity index (χ1) is 12.1. The van der Waals surface area contributed by atoms with Crippen LogP contribution in [0.15, 0.2) is 29.2 Å². The van der Waals surface area contributed by atoms with Gasteiger partial charge in [-0.1, -0.05) is 6.07 Å². The number of nitrogens with one attached hydrogen (secondary N) is 1. The number of aliphatic hydroxyl groups is 1. The van der Waals surface area contributed by atoms with Crippen LogP contribution >= 0.6 is 0 Å². The molecule has 8 nitrogen and oxygen atoms in total. The molecular weight excluding hydrogens is 324 g/mol. The third-order valence-corrected chi connectivity index (χ3v) is 5.61. The van der Waals surface area contributed by atoms with Crippen molar-refractivity contribution in [1.29, 1.82) is 0 Å². The molecule has 1 aliphatic carbocycles. The second kappa shape index (κ2) is 6.27. The summed E-state index contributed by atoms with van der Waals surface area (Å²) in [5.74, 6) is -0.119. The summed E-state index contributed by atoms with van der Waals surface area (Å²) in [6.07, 6.45) is 3.59. The van der Waals surface area contributed by atoms with Crippen molar-refractivity contribution in [3.05, 3.63) is 34.9 Å². The highest BCUT2D eigenvalue weighted by Crippen LogP contribution is 2.48. The van der Waals surface area contributed by atoms with Gasteiger partial charge in [-0.2, -0.15) is 0 Å². The number of pyridine rings is 1.